The molecule has 0 bridgehead atoms. The average Bonchev–Trinajstić information content (AvgIpc) is 2.10. The normalized spacial score (nSPS) is 24.1. The third-order valence-corrected chi connectivity index (χ3v) is 2.21. The van der Waals surface area contributed by atoms with Gasteiger partial charge in [-0.3, -0.25) is 14.9 Å². The van der Waals surface area contributed by atoms with Gasteiger partial charge < -0.3 is 0 Å². The van der Waals surface area contributed by atoms with Crippen LogP contribution in [-0.4, -0.2) is 11.8 Å². The Morgan fingerprint density at radius 3 is 2.77 bits per heavy atom. The topological polar surface area (TPSA) is 46.2 Å². The molecule has 0 aliphatic carbocycles. The minimum atomic E-state index is -0.204. The van der Waals surface area contributed by atoms with E-state index in [1.54, 1.807) is 6.08 Å². The van der Waals surface area contributed by atoms with Gasteiger partial charge in [-0.05, 0) is 18.9 Å². The number of hydrogen-bond acceptors (Lipinski definition) is 2. The molecular weight excluding hydrogens is 166 g/mol. The van der Waals surface area contributed by atoms with Crippen molar-refractivity contribution in [3.05, 3.63) is 24.3 Å². The molecule has 0 aromatic heterocycles. The second-order valence-electron chi connectivity index (χ2n) is 3.00. The average molecular weight is 179 g/mol. The van der Waals surface area contributed by atoms with Crippen LogP contribution in [0.25, 0.3) is 0 Å². The lowest BCUT2D eigenvalue weighted by Gasteiger charge is -2.21. The SMILES string of the molecule is C=C/C(=C\C)C1CCC(=O)NC1=O. The predicted octanol–water partition coefficient (Wildman–Crippen LogP) is 1.17. The van der Waals surface area contributed by atoms with E-state index in [-0.39, 0.29) is 17.7 Å². The van der Waals surface area contributed by atoms with Crippen molar-refractivity contribution in [3.63, 3.8) is 0 Å². The van der Waals surface area contributed by atoms with Crippen molar-refractivity contribution in [2.45, 2.75) is 19.8 Å². The standard InChI is InChI=1S/C10H13NO2/c1-3-7(4-2)8-5-6-9(12)11-10(8)13/h3-4,8H,1,5-6H2,2H3,(H,11,12,13)/b7-4+. The van der Waals surface area contributed by atoms with Crippen LogP contribution in [-0.2, 0) is 9.59 Å². The Morgan fingerprint density at radius 2 is 2.31 bits per heavy atom. The Bertz CT molecular complexity index is 279. The maximum absolute atomic E-state index is 11.3. The first-order valence-corrected chi connectivity index (χ1v) is 4.31. The lowest BCUT2D eigenvalue weighted by Crippen LogP contribution is -2.41. The summed E-state index contributed by atoms with van der Waals surface area (Å²) in [4.78, 5) is 22.2. The maximum Gasteiger partial charge on any atom is 0.234 e. The van der Waals surface area contributed by atoms with E-state index in [0.29, 0.717) is 12.8 Å². The van der Waals surface area contributed by atoms with Gasteiger partial charge in [0.1, 0.15) is 0 Å². The van der Waals surface area contributed by atoms with Gasteiger partial charge in [-0.15, -0.1) is 0 Å². The van der Waals surface area contributed by atoms with Gasteiger partial charge in [0.05, 0.1) is 5.92 Å². The number of allylic oxidation sites excluding steroid dienone is 2. The molecule has 0 saturated carbocycles. The fourth-order valence-corrected chi connectivity index (χ4v) is 1.47. The van der Waals surface area contributed by atoms with E-state index in [2.05, 4.69) is 11.9 Å². The minimum Gasteiger partial charge on any atom is -0.296 e. The van der Waals surface area contributed by atoms with Gasteiger partial charge in [0.2, 0.25) is 11.8 Å². The monoisotopic (exact) mass is 179 g/mol. The van der Waals surface area contributed by atoms with Gasteiger partial charge in [0.15, 0.2) is 0 Å². The van der Waals surface area contributed by atoms with Gasteiger partial charge in [0.25, 0.3) is 0 Å². The zero-order chi connectivity index (χ0) is 9.84. The van der Waals surface area contributed by atoms with Crippen LogP contribution < -0.4 is 5.32 Å². The highest BCUT2D eigenvalue weighted by atomic mass is 16.2. The minimum absolute atomic E-state index is 0.180. The summed E-state index contributed by atoms with van der Waals surface area (Å²) in [5.74, 6) is -0.579. The number of carbonyl (C=O) groups excluding carboxylic acids is 2. The number of carbonyl (C=O) groups is 2. The van der Waals surface area contributed by atoms with E-state index in [4.69, 9.17) is 0 Å². The van der Waals surface area contributed by atoms with Crippen molar-refractivity contribution in [1.29, 1.82) is 0 Å². The molecule has 2 amide bonds. The lowest BCUT2D eigenvalue weighted by molar-refractivity contribution is -0.135. The fraction of sp³-hybridized carbons (Fsp3) is 0.400. The number of nitrogens with one attached hydrogen (secondary N) is 1. The first-order chi connectivity index (χ1) is 6.19. The largest absolute Gasteiger partial charge is 0.296 e. The molecular formula is C10H13NO2. The first kappa shape index (κ1) is 9.71. The Kier molecular flexibility index (Phi) is 3.01. The smallest absolute Gasteiger partial charge is 0.234 e. The highest BCUT2D eigenvalue weighted by Gasteiger charge is 2.27. The molecule has 0 spiro atoms. The van der Waals surface area contributed by atoms with Gasteiger partial charge >= 0.3 is 0 Å². The van der Waals surface area contributed by atoms with Gasteiger partial charge in [-0.1, -0.05) is 18.7 Å². The summed E-state index contributed by atoms with van der Waals surface area (Å²) in [6.07, 6.45) is 4.53. The van der Waals surface area contributed by atoms with Crippen molar-refractivity contribution in [2.75, 3.05) is 0 Å². The summed E-state index contributed by atoms with van der Waals surface area (Å²) in [7, 11) is 0. The molecule has 3 nitrogen and oxygen atoms in total. The Hall–Kier alpha value is -1.38. The second kappa shape index (κ2) is 4.03. The Balaban J connectivity index is 2.76. The number of piperidine rings is 1. The molecule has 70 valence electrons. The van der Waals surface area contributed by atoms with E-state index in [0.717, 1.165) is 5.57 Å². The van der Waals surface area contributed by atoms with Crippen molar-refractivity contribution >= 4 is 11.8 Å². The molecule has 1 unspecified atom stereocenters. The molecule has 1 N–H and O–H groups in total. The zero-order valence-corrected chi connectivity index (χ0v) is 7.67. The van der Waals surface area contributed by atoms with Crippen LogP contribution in [0.15, 0.2) is 24.3 Å². The molecule has 13 heavy (non-hydrogen) atoms. The lowest BCUT2D eigenvalue weighted by atomic mass is 9.90. The zero-order valence-electron chi connectivity index (χ0n) is 7.67. The summed E-state index contributed by atoms with van der Waals surface area (Å²) in [5, 5.41) is 2.31. The number of hydrogen-bond donors (Lipinski definition) is 1. The van der Waals surface area contributed by atoms with Crippen LogP contribution in [0, 0.1) is 5.92 Å². The number of imide groups is 1. The molecule has 1 rings (SSSR count). The third-order valence-electron chi connectivity index (χ3n) is 2.21. The highest BCUT2D eigenvalue weighted by Crippen LogP contribution is 2.21. The summed E-state index contributed by atoms with van der Waals surface area (Å²) in [5.41, 5.74) is 0.894. The van der Waals surface area contributed by atoms with Crippen molar-refractivity contribution in [2.24, 2.45) is 5.92 Å². The summed E-state index contributed by atoms with van der Waals surface area (Å²) >= 11 is 0. The predicted molar refractivity (Wildman–Crippen MR) is 49.8 cm³/mol. The van der Waals surface area contributed by atoms with Crippen LogP contribution in [0.2, 0.25) is 0 Å². The van der Waals surface area contributed by atoms with Crippen LogP contribution in [0.1, 0.15) is 19.8 Å². The summed E-state index contributed by atoms with van der Waals surface area (Å²) < 4.78 is 0. The number of rotatable bonds is 2. The van der Waals surface area contributed by atoms with Crippen LogP contribution in [0.5, 0.6) is 0 Å². The molecule has 1 atom stereocenters. The van der Waals surface area contributed by atoms with Crippen molar-refractivity contribution in [1.82, 2.24) is 5.32 Å². The fourth-order valence-electron chi connectivity index (χ4n) is 1.47. The van der Waals surface area contributed by atoms with E-state index in [9.17, 15) is 9.59 Å². The van der Waals surface area contributed by atoms with Crippen molar-refractivity contribution < 1.29 is 9.59 Å². The quantitative estimate of drug-likeness (QED) is 0.511. The van der Waals surface area contributed by atoms with Crippen molar-refractivity contribution in [3.8, 4) is 0 Å². The molecule has 0 aromatic carbocycles. The molecule has 3 heteroatoms. The van der Waals surface area contributed by atoms with Crippen LogP contribution in [0.3, 0.4) is 0 Å². The highest BCUT2D eigenvalue weighted by molar-refractivity contribution is 6.00. The summed E-state index contributed by atoms with van der Waals surface area (Å²) in [6, 6.07) is 0. The third kappa shape index (κ3) is 2.05. The molecule has 1 aliphatic rings. The van der Waals surface area contributed by atoms with Gasteiger partial charge in [-0.2, -0.15) is 0 Å². The molecule has 1 aliphatic heterocycles. The van der Waals surface area contributed by atoms with Crippen LogP contribution >= 0.6 is 0 Å². The molecule has 0 radical (unpaired) electrons. The summed E-state index contributed by atoms with van der Waals surface area (Å²) in [6.45, 7) is 5.49. The molecule has 0 aromatic rings. The second-order valence-corrected chi connectivity index (χ2v) is 3.00. The van der Waals surface area contributed by atoms with Gasteiger partial charge in [-0.25, -0.2) is 0 Å². The molecule has 1 heterocycles. The number of amides is 2. The first-order valence-electron chi connectivity index (χ1n) is 4.31. The van der Waals surface area contributed by atoms with E-state index >= 15 is 0 Å². The maximum atomic E-state index is 11.3. The van der Waals surface area contributed by atoms with Crippen LogP contribution in [0.4, 0.5) is 0 Å². The molecule has 1 saturated heterocycles. The Labute approximate surface area is 77.5 Å². The van der Waals surface area contributed by atoms with E-state index in [1.807, 2.05) is 13.0 Å². The van der Waals surface area contributed by atoms with Gasteiger partial charge in [0, 0.05) is 6.42 Å². The molecule has 1 fully saturated rings. The Morgan fingerprint density at radius 1 is 1.62 bits per heavy atom. The van der Waals surface area contributed by atoms with E-state index in [1.165, 1.54) is 0 Å². The van der Waals surface area contributed by atoms with E-state index < -0.39 is 0 Å².